The highest BCUT2D eigenvalue weighted by Gasteiger charge is 2.55. The lowest BCUT2D eigenvalue weighted by molar-refractivity contribution is -0.319. The molecule has 80 heavy (non-hydrogen) atoms. The number of fused-ring (bicyclic) bond motifs is 1. The number of carboxylic acid groups (broad SMARTS) is 1. The SMILES string of the molecule is CC[C@H]1OC(=O)[C@H](C)[C@@H](O[C@H]2C[C@@](C)(OC)[C@@H](OC(=O)NCCOCCOCCCc3ccc4c(c3)c(=O)c(C(=O)O)cn4CC)[C@H](C)O2)[C@H](C)[C@@H](O[C@H]2O[C@@H](C)C[C@@H](N(C)C)[C@@H]2O)[C@](C)(OC)C[C@@H](C)C(=O)[C@H](C)[C@@H](O)[C@]1(C)O. The molecule has 0 bridgehead atoms. The van der Waals surface area contributed by atoms with Crippen molar-refractivity contribution in [1.82, 2.24) is 14.8 Å². The van der Waals surface area contributed by atoms with Crippen LogP contribution in [0.25, 0.3) is 10.9 Å². The molecule has 2 aromatic rings. The third kappa shape index (κ3) is 15.7. The van der Waals surface area contributed by atoms with Crippen molar-refractivity contribution in [2.75, 3.05) is 61.3 Å². The highest BCUT2D eigenvalue weighted by molar-refractivity contribution is 5.92. The van der Waals surface area contributed by atoms with Crippen LogP contribution in [0.5, 0.6) is 0 Å². The van der Waals surface area contributed by atoms with E-state index in [9.17, 15) is 44.4 Å². The van der Waals surface area contributed by atoms with Gasteiger partial charge in [0.2, 0.25) is 5.43 Å². The number of aliphatic hydroxyl groups is 3. The zero-order valence-electron chi connectivity index (χ0n) is 49.8. The van der Waals surface area contributed by atoms with Gasteiger partial charge in [-0.05, 0) is 112 Å². The lowest BCUT2D eigenvalue weighted by Gasteiger charge is -2.50. The number of esters is 1. The Morgan fingerprint density at radius 2 is 1.51 bits per heavy atom. The van der Waals surface area contributed by atoms with E-state index >= 15 is 0 Å². The first-order chi connectivity index (χ1) is 37.6. The second-order valence-electron chi connectivity index (χ2n) is 23.1. The second kappa shape index (κ2) is 28.9. The molecule has 0 saturated carbocycles. The van der Waals surface area contributed by atoms with Crippen LogP contribution in [-0.4, -0.2) is 199 Å². The molecule has 22 heteroatoms. The molecule has 1 amide bonds. The Hall–Kier alpha value is -4.17. The minimum Gasteiger partial charge on any atom is -0.477 e. The third-order valence-electron chi connectivity index (χ3n) is 16.8. The predicted octanol–water partition coefficient (Wildman–Crippen LogP) is 4.87. The van der Waals surface area contributed by atoms with E-state index in [4.69, 9.17) is 47.4 Å². The number of carbonyl (C=O) groups is 4. The van der Waals surface area contributed by atoms with Crippen molar-refractivity contribution in [2.24, 2.45) is 23.7 Å². The fourth-order valence-corrected chi connectivity index (χ4v) is 11.9. The summed E-state index contributed by atoms with van der Waals surface area (Å²) >= 11 is 0. The number of nitrogens with one attached hydrogen (secondary N) is 1. The number of benzene rings is 1. The fraction of sp³-hybridized carbons (Fsp3) is 0.776. The number of aromatic nitrogens is 1. The summed E-state index contributed by atoms with van der Waals surface area (Å²) in [6.45, 7) is 20.6. The number of rotatable bonds is 21. The van der Waals surface area contributed by atoms with Gasteiger partial charge in [-0.3, -0.25) is 14.4 Å². The van der Waals surface area contributed by atoms with Crippen LogP contribution in [0.15, 0.2) is 29.2 Å². The number of Topliss-reactive ketones (excluding diaryl/α,β-unsaturated/α-hetero) is 1. The topological polar surface area (TPSA) is 279 Å². The molecule has 3 aliphatic heterocycles. The first-order valence-corrected chi connectivity index (χ1v) is 28.3. The summed E-state index contributed by atoms with van der Waals surface area (Å²) in [5.74, 6) is -6.13. The maximum Gasteiger partial charge on any atom is 0.407 e. The van der Waals surface area contributed by atoms with Crippen LogP contribution in [0, 0.1) is 23.7 Å². The molecule has 0 unspecified atom stereocenters. The number of ketones is 1. The second-order valence-corrected chi connectivity index (χ2v) is 23.1. The van der Waals surface area contributed by atoms with Gasteiger partial charge in [-0.25, -0.2) is 9.59 Å². The maximum atomic E-state index is 14.6. The van der Waals surface area contributed by atoms with Gasteiger partial charge < -0.3 is 82.6 Å². The number of likely N-dealkylation sites (N-methyl/N-ethyl adjacent to an activating group) is 1. The summed E-state index contributed by atoms with van der Waals surface area (Å²) in [5.41, 5.74) is -3.77. The van der Waals surface area contributed by atoms with Crippen molar-refractivity contribution in [3.8, 4) is 0 Å². The summed E-state index contributed by atoms with van der Waals surface area (Å²) in [7, 11) is 6.69. The standard InChI is InChI=1S/C58H93N3O19/c1-16-43-58(11,70)49(65)34(5)45(62)32(3)29-56(9,71-14)50(79-54-47(64)42(60(12)13)27-33(4)75-54)35(6)48(36(7)53(68)77-43)78-44-30-57(10,72-15)51(37(8)76-44)80-55(69)59-22-24-74-26-25-73-23-18-19-38-20-21-41-39(28-38)46(63)40(52(66)67)31-61(41)17-2/h20-21,28,31-37,42-44,47-51,54,64-65,70H,16-19,22-27,29-30H2,1-15H3,(H,59,69)(H,66,67)/t32-,33+,34+,35+,36-,37+,42-,43-,44+,47+,48+,49-,50-,51+,54-,56-,57-,58-/m1/s1. The van der Waals surface area contributed by atoms with E-state index in [1.165, 1.54) is 34.3 Å². The maximum absolute atomic E-state index is 14.6. The normalized spacial score (nSPS) is 35.9. The smallest absolute Gasteiger partial charge is 0.407 e. The predicted molar refractivity (Wildman–Crippen MR) is 294 cm³/mol. The molecule has 454 valence electrons. The molecule has 5 N–H and O–H groups in total. The van der Waals surface area contributed by atoms with E-state index in [1.54, 1.807) is 52.2 Å². The minimum atomic E-state index is -2.03. The van der Waals surface area contributed by atoms with Crippen LogP contribution in [0.1, 0.15) is 124 Å². The summed E-state index contributed by atoms with van der Waals surface area (Å²) in [6, 6.07) is 5.16. The molecule has 1 aromatic carbocycles. The number of carboxylic acids is 1. The van der Waals surface area contributed by atoms with E-state index in [-0.39, 0.29) is 62.5 Å². The van der Waals surface area contributed by atoms with Crippen LogP contribution in [-0.2, 0) is 69.9 Å². The third-order valence-corrected chi connectivity index (χ3v) is 16.8. The Bertz CT molecular complexity index is 2440. The lowest BCUT2D eigenvalue weighted by Crippen LogP contribution is -2.62. The van der Waals surface area contributed by atoms with Crippen molar-refractivity contribution in [2.45, 2.75) is 205 Å². The van der Waals surface area contributed by atoms with Gasteiger partial charge in [0.1, 0.15) is 34.8 Å². The lowest BCUT2D eigenvalue weighted by atomic mass is 9.74. The fourth-order valence-electron chi connectivity index (χ4n) is 11.9. The molecule has 0 aliphatic carbocycles. The average molecular weight is 1140 g/mol. The van der Waals surface area contributed by atoms with Crippen molar-refractivity contribution >= 4 is 34.7 Å². The number of methoxy groups -OCH3 is 2. The summed E-state index contributed by atoms with van der Waals surface area (Å²) < 4.78 is 64.2. The monoisotopic (exact) mass is 1140 g/mol. The van der Waals surface area contributed by atoms with E-state index in [0.29, 0.717) is 49.9 Å². The quantitative estimate of drug-likeness (QED) is 0.0823. The first kappa shape index (κ1) is 66.6. The number of pyridine rings is 1. The molecule has 0 radical (unpaired) electrons. The molecule has 5 rings (SSSR count). The molecule has 3 saturated heterocycles. The minimum absolute atomic E-state index is 0.0112. The van der Waals surface area contributed by atoms with Gasteiger partial charge in [0, 0.05) is 75.7 Å². The van der Waals surface area contributed by atoms with Crippen LogP contribution >= 0.6 is 0 Å². The number of carbonyl (C=O) groups excluding carboxylic acids is 3. The largest absolute Gasteiger partial charge is 0.477 e. The number of cyclic esters (lactones) is 1. The van der Waals surface area contributed by atoms with Crippen LogP contribution in [0.3, 0.4) is 0 Å². The van der Waals surface area contributed by atoms with E-state index in [2.05, 4.69) is 5.32 Å². The van der Waals surface area contributed by atoms with Crippen LogP contribution < -0.4 is 10.7 Å². The molecule has 18 atom stereocenters. The van der Waals surface area contributed by atoms with E-state index < -0.39 is 119 Å². The Morgan fingerprint density at radius 3 is 2.12 bits per heavy atom. The Kier molecular flexibility index (Phi) is 24.1. The highest BCUT2D eigenvalue weighted by Crippen LogP contribution is 2.42. The summed E-state index contributed by atoms with van der Waals surface area (Å²) in [5, 5.41) is 47.9. The highest BCUT2D eigenvalue weighted by atomic mass is 16.7. The van der Waals surface area contributed by atoms with Crippen LogP contribution in [0.4, 0.5) is 4.79 Å². The summed E-state index contributed by atoms with van der Waals surface area (Å²) in [6.07, 6.45) is -7.87. The van der Waals surface area contributed by atoms with Gasteiger partial charge in [0.25, 0.3) is 0 Å². The van der Waals surface area contributed by atoms with Crippen molar-refractivity contribution in [3.05, 3.63) is 45.7 Å². The number of aromatic carboxylic acids is 1. The molecule has 4 heterocycles. The van der Waals surface area contributed by atoms with Crippen molar-refractivity contribution < 1.29 is 87.0 Å². The van der Waals surface area contributed by atoms with Crippen molar-refractivity contribution in [3.63, 3.8) is 0 Å². The molecule has 3 fully saturated rings. The number of amides is 1. The number of ether oxygens (including phenoxy) is 10. The molecule has 22 nitrogen and oxygen atoms in total. The zero-order chi connectivity index (χ0) is 59.6. The van der Waals surface area contributed by atoms with Gasteiger partial charge in [-0.1, -0.05) is 33.8 Å². The molecular weight excluding hydrogens is 1040 g/mol. The Morgan fingerprint density at radius 1 is 0.863 bits per heavy atom. The Labute approximate surface area is 471 Å². The average Bonchev–Trinajstić information content (AvgIpc) is 3.41. The number of nitrogens with zero attached hydrogens (tertiary/aromatic N) is 2. The first-order valence-electron chi connectivity index (χ1n) is 28.3. The van der Waals surface area contributed by atoms with E-state index in [0.717, 1.165) is 5.56 Å². The number of alkyl carbamates (subject to hydrolysis) is 1. The molecule has 1 aromatic heterocycles. The molecule has 0 spiro atoms. The molecule has 3 aliphatic rings. The van der Waals surface area contributed by atoms with Gasteiger partial charge >= 0.3 is 18.0 Å². The number of hydrogen-bond donors (Lipinski definition) is 5. The zero-order valence-corrected chi connectivity index (χ0v) is 49.8. The number of hydrogen-bond acceptors (Lipinski definition) is 19. The van der Waals surface area contributed by atoms with Gasteiger partial charge in [-0.15, -0.1) is 0 Å². The molecular formula is C58H93N3O19. The van der Waals surface area contributed by atoms with Crippen molar-refractivity contribution in [1.29, 1.82) is 0 Å². The van der Waals surface area contributed by atoms with Gasteiger partial charge in [-0.2, -0.15) is 0 Å². The van der Waals surface area contributed by atoms with Gasteiger partial charge in [0.15, 0.2) is 18.7 Å². The van der Waals surface area contributed by atoms with Gasteiger partial charge in [0.05, 0.1) is 67.4 Å². The van der Waals surface area contributed by atoms with E-state index in [1.807, 2.05) is 51.9 Å². The number of aliphatic hydroxyl groups excluding tert-OH is 2. The summed E-state index contributed by atoms with van der Waals surface area (Å²) in [4.78, 5) is 68.5. The number of aryl methyl sites for hydroxylation is 2. The van der Waals surface area contributed by atoms with Crippen LogP contribution in [0.2, 0.25) is 0 Å². The Balaban J connectivity index is 1.25.